The third kappa shape index (κ3) is 1.71. The third-order valence-electron chi connectivity index (χ3n) is 3.11. The molecule has 2 rings (SSSR count). The number of amides is 1. The lowest BCUT2D eigenvalue weighted by Crippen LogP contribution is -2.54. The molecule has 1 aliphatic rings. The van der Waals surface area contributed by atoms with Crippen molar-refractivity contribution in [3.8, 4) is 0 Å². The molecule has 4 nitrogen and oxygen atoms in total. The molecule has 1 saturated heterocycles. The Morgan fingerprint density at radius 3 is 3.00 bits per heavy atom. The second kappa shape index (κ2) is 4.04. The zero-order chi connectivity index (χ0) is 11.7. The van der Waals surface area contributed by atoms with Crippen molar-refractivity contribution >= 4 is 17.3 Å². The molecule has 3 N–H and O–H groups in total. The molecule has 16 heavy (non-hydrogen) atoms. The third-order valence-corrected chi connectivity index (χ3v) is 3.11. The van der Waals surface area contributed by atoms with Gasteiger partial charge in [0, 0.05) is 13.1 Å². The number of nitrogens with zero attached hydrogens (tertiary/aromatic N) is 1. The highest BCUT2D eigenvalue weighted by molar-refractivity contribution is 5.88. The monoisotopic (exact) mass is 219 g/mol. The molecule has 1 amide bonds. The molecule has 86 valence electrons. The molecule has 1 atom stereocenters. The number of piperazine rings is 1. The summed E-state index contributed by atoms with van der Waals surface area (Å²) in [4.78, 5) is 13.6. The van der Waals surface area contributed by atoms with Crippen LogP contribution >= 0.6 is 0 Å². The molecule has 1 aromatic carbocycles. The van der Waals surface area contributed by atoms with Gasteiger partial charge in [-0.2, -0.15) is 0 Å². The molecule has 1 unspecified atom stereocenters. The van der Waals surface area contributed by atoms with E-state index in [-0.39, 0.29) is 11.9 Å². The van der Waals surface area contributed by atoms with Gasteiger partial charge in [0.1, 0.15) is 6.04 Å². The van der Waals surface area contributed by atoms with Gasteiger partial charge in [-0.05, 0) is 25.5 Å². The molecule has 0 radical (unpaired) electrons. The van der Waals surface area contributed by atoms with E-state index in [1.54, 1.807) is 0 Å². The Balaban J connectivity index is 2.36. The van der Waals surface area contributed by atoms with Crippen LogP contribution < -0.4 is 16.0 Å². The largest absolute Gasteiger partial charge is 0.397 e. The average molecular weight is 219 g/mol. The van der Waals surface area contributed by atoms with Crippen molar-refractivity contribution in [2.45, 2.75) is 19.9 Å². The maximum absolute atomic E-state index is 11.6. The van der Waals surface area contributed by atoms with Gasteiger partial charge in [-0.3, -0.25) is 4.79 Å². The number of hydrogen-bond acceptors (Lipinski definition) is 3. The molecule has 0 aliphatic carbocycles. The minimum absolute atomic E-state index is 0.0622. The fourth-order valence-corrected chi connectivity index (χ4v) is 2.03. The number of hydrogen-bond donors (Lipinski definition) is 2. The van der Waals surface area contributed by atoms with E-state index in [0.717, 1.165) is 23.5 Å². The molecule has 0 aromatic heterocycles. The van der Waals surface area contributed by atoms with E-state index in [4.69, 9.17) is 5.73 Å². The van der Waals surface area contributed by atoms with E-state index in [9.17, 15) is 4.79 Å². The Morgan fingerprint density at radius 1 is 1.50 bits per heavy atom. The smallest absolute Gasteiger partial charge is 0.242 e. The lowest BCUT2D eigenvalue weighted by Gasteiger charge is -2.35. The number of anilines is 2. The van der Waals surface area contributed by atoms with Crippen LogP contribution in [-0.2, 0) is 4.79 Å². The number of rotatable bonds is 1. The highest BCUT2D eigenvalue weighted by atomic mass is 16.2. The highest BCUT2D eigenvalue weighted by Crippen LogP contribution is 2.28. The summed E-state index contributed by atoms with van der Waals surface area (Å²) in [7, 11) is 0. The van der Waals surface area contributed by atoms with Gasteiger partial charge in [0.15, 0.2) is 0 Å². The first-order chi connectivity index (χ1) is 7.61. The van der Waals surface area contributed by atoms with Gasteiger partial charge in [0.05, 0.1) is 11.4 Å². The normalized spacial score (nSPS) is 20.8. The molecule has 1 aromatic rings. The van der Waals surface area contributed by atoms with Gasteiger partial charge in [-0.15, -0.1) is 0 Å². The Bertz CT molecular complexity index is 417. The SMILES string of the molecule is Cc1cccc(N2CCNC(=O)C2C)c1N. The zero-order valence-electron chi connectivity index (χ0n) is 9.66. The van der Waals surface area contributed by atoms with Gasteiger partial charge < -0.3 is 16.0 Å². The predicted molar refractivity (Wildman–Crippen MR) is 65.4 cm³/mol. The van der Waals surface area contributed by atoms with Crippen molar-refractivity contribution < 1.29 is 4.79 Å². The second-order valence-corrected chi connectivity index (χ2v) is 4.17. The highest BCUT2D eigenvalue weighted by Gasteiger charge is 2.26. The Labute approximate surface area is 95.4 Å². The lowest BCUT2D eigenvalue weighted by molar-refractivity contribution is -0.122. The van der Waals surface area contributed by atoms with Gasteiger partial charge >= 0.3 is 0 Å². The Hall–Kier alpha value is -1.71. The summed E-state index contributed by atoms with van der Waals surface area (Å²) in [6.45, 7) is 5.36. The number of aryl methyl sites for hydroxylation is 1. The number of carbonyl (C=O) groups excluding carboxylic acids is 1. The van der Waals surface area contributed by atoms with Gasteiger partial charge in [0.25, 0.3) is 0 Å². The van der Waals surface area contributed by atoms with E-state index in [1.165, 1.54) is 0 Å². The van der Waals surface area contributed by atoms with Crippen LogP contribution in [0, 0.1) is 6.92 Å². The van der Waals surface area contributed by atoms with Crippen LogP contribution in [0.3, 0.4) is 0 Å². The molecule has 0 bridgehead atoms. The number of benzene rings is 1. The number of para-hydroxylation sites is 1. The van der Waals surface area contributed by atoms with Crippen LogP contribution in [0.25, 0.3) is 0 Å². The topological polar surface area (TPSA) is 58.4 Å². The van der Waals surface area contributed by atoms with Crippen LogP contribution in [0.1, 0.15) is 12.5 Å². The molecule has 4 heteroatoms. The first kappa shape index (κ1) is 10.8. The van der Waals surface area contributed by atoms with E-state index < -0.39 is 0 Å². The van der Waals surface area contributed by atoms with Crippen LogP contribution in [0.4, 0.5) is 11.4 Å². The maximum atomic E-state index is 11.6. The Morgan fingerprint density at radius 2 is 2.25 bits per heavy atom. The summed E-state index contributed by atoms with van der Waals surface area (Å²) in [6, 6.07) is 5.77. The molecular weight excluding hydrogens is 202 g/mol. The van der Waals surface area contributed by atoms with E-state index >= 15 is 0 Å². The van der Waals surface area contributed by atoms with Crippen molar-refractivity contribution in [1.29, 1.82) is 0 Å². The minimum Gasteiger partial charge on any atom is -0.397 e. The molecule has 1 aliphatic heterocycles. The Kier molecular flexibility index (Phi) is 2.73. The van der Waals surface area contributed by atoms with Crippen molar-refractivity contribution in [3.05, 3.63) is 23.8 Å². The zero-order valence-corrected chi connectivity index (χ0v) is 9.66. The fraction of sp³-hybridized carbons (Fsp3) is 0.417. The van der Waals surface area contributed by atoms with Gasteiger partial charge in [-0.1, -0.05) is 12.1 Å². The van der Waals surface area contributed by atoms with Crippen molar-refractivity contribution in [2.75, 3.05) is 23.7 Å². The predicted octanol–water partition coefficient (Wildman–Crippen LogP) is 0.902. The molecule has 0 spiro atoms. The number of carbonyl (C=O) groups is 1. The van der Waals surface area contributed by atoms with E-state index in [1.807, 2.05) is 32.0 Å². The van der Waals surface area contributed by atoms with Crippen molar-refractivity contribution in [1.82, 2.24) is 5.32 Å². The van der Waals surface area contributed by atoms with E-state index in [2.05, 4.69) is 10.2 Å². The summed E-state index contributed by atoms with van der Waals surface area (Å²) in [5.74, 6) is 0.0622. The van der Waals surface area contributed by atoms with Crippen molar-refractivity contribution in [2.24, 2.45) is 0 Å². The first-order valence-corrected chi connectivity index (χ1v) is 5.50. The van der Waals surface area contributed by atoms with Crippen molar-refractivity contribution in [3.63, 3.8) is 0 Å². The quantitative estimate of drug-likeness (QED) is 0.690. The summed E-state index contributed by atoms with van der Waals surface area (Å²) in [6.07, 6.45) is 0. The van der Waals surface area contributed by atoms with Gasteiger partial charge in [0.2, 0.25) is 5.91 Å². The summed E-state index contributed by atoms with van der Waals surface area (Å²) < 4.78 is 0. The maximum Gasteiger partial charge on any atom is 0.242 e. The number of nitrogens with two attached hydrogens (primary N) is 1. The molecule has 1 fully saturated rings. The first-order valence-electron chi connectivity index (χ1n) is 5.50. The fourth-order valence-electron chi connectivity index (χ4n) is 2.03. The summed E-state index contributed by atoms with van der Waals surface area (Å²) in [5, 5.41) is 2.84. The van der Waals surface area contributed by atoms with Gasteiger partial charge in [-0.25, -0.2) is 0 Å². The minimum atomic E-state index is -0.155. The van der Waals surface area contributed by atoms with E-state index in [0.29, 0.717) is 6.54 Å². The van der Waals surface area contributed by atoms with Crippen LogP contribution in [0.5, 0.6) is 0 Å². The summed E-state index contributed by atoms with van der Waals surface area (Å²) in [5.41, 5.74) is 8.83. The second-order valence-electron chi connectivity index (χ2n) is 4.17. The molecular formula is C12H17N3O. The number of nitrogens with one attached hydrogen (secondary N) is 1. The molecule has 0 saturated carbocycles. The van der Waals surface area contributed by atoms with Crippen LogP contribution in [-0.4, -0.2) is 25.0 Å². The summed E-state index contributed by atoms with van der Waals surface area (Å²) >= 11 is 0. The lowest BCUT2D eigenvalue weighted by atomic mass is 10.1. The standard InChI is InChI=1S/C12H17N3O/c1-8-4-3-5-10(11(8)13)15-7-6-14-12(16)9(15)2/h3-5,9H,6-7,13H2,1-2H3,(H,14,16). The molecule has 1 heterocycles. The van der Waals surface area contributed by atoms with Crippen LogP contribution in [0.2, 0.25) is 0 Å². The number of nitrogen functional groups attached to an aromatic ring is 1. The van der Waals surface area contributed by atoms with Crippen LogP contribution in [0.15, 0.2) is 18.2 Å². The average Bonchev–Trinajstić information content (AvgIpc) is 2.27.